The summed E-state index contributed by atoms with van der Waals surface area (Å²) in [7, 11) is 0. The molecule has 0 unspecified atom stereocenters. The number of hydrogen-bond acceptors (Lipinski definition) is 6. The highest BCUT2D eigenvalue weighted by molar-refractivity contribution is 6.07. The van der Waals surface area contributed by atoms with Crippen LogP contribution in [0.3, 0.4) is 0 Å². The van der Waals surface area contributed by atoms with Gasteiger partial charge in [0.05, 0.1) is 6.42 Å². The molecule has 23 heavy (non-hydrogen) atoms. The molecular formula is C16H21NO6. The maximum absolute atomic E-state index is 12.2. The van der Waals surface area contributed by atoms with E-state index in [9.17, 15) is 14.4 Å². The Morgan fingerprint density at radius 3 is 2.13 bits per heavy atom. The zero-order valence-corrected chi connectivity index (χ0v) is 13.4. The molecule has 0 bridgehead atoms. The van der Waals surface area contributed by atoms with Gasteiger partial charge in [0, 0.05) is 0 Å². The lowest BCUT2D eigenvalue weighted by molar-refractivity contribution is -0.175. The van der Waals surface area contributed by atoms with Crippen molar-refractivity contribution in [1.29, 1.82) is 0 Å². The van der Waals surface area contributed by atoms with Crippen LogP contribution in [-0.2, 0) is 30.5 Å². The number of esters is 2. The SMILES string of the molecule is CC(C)(C)OC(=O)[C@@](N)(CC(=O)O)C(=O)OCc1ccccc1. The molecule has 0 aliphatic carbocycles. The molecule has 1 atom stereocenters. The van der Waals surface area contributed by atoms with Gasteiger partial charge in [0.1, 0.15) is 12.2 Å². The second-order valence-electron chi connectivity index (χ2n) is 6.11. The summed E-state index contributed by atoms with van der Waals surface area (Å²) in [4.78, 5) is 35.3. The van der Waals surface area contributed by atoms with E-state index in [1.165, 1.54) is 0 Å². The van der Waals surface area contributed by atoms with Gasteiger partial charge in [-0.1, -0.05) is 30.3 Å². The van der Waals surface area contributed by atoms with Crippen LogP contribution < -0.4 is 5.73 Å². The summed E-state index contributed by atoms with van der Waals surface area (Å²) >= 11 is 0. The molecule has 3 N–H and O–H groups in total. The summed E-state index contributed by atoms with van der Waals surface area (Å²) in [6.07, 6.45) is -0.921. The van der Waals surface area contributed by atoms with Crippen LogP contribution in [0.2, 0.25) is 0 Å². The van der Waals surface area contributed by atoms with Gasteiger partial charge in [-0.05, 0) is 26.3 Å². The highest BCUT2D eigenvalue weighted by Crippen LogP contribution is 2.18. The van der Waals surface area contributed by atoms with E-state index in [1.807, 2.05) is 0 Å². The van der Waals surface area contributed by atoms with Crippen molar-refractivity contribution in [2.75, 3.05) is 0 Å². The van der Waals surface area contributed by atoms with Crippen molar-refractivity contribution in [3.63, 3.8) is 0 Å². The first kappa shape index (κ1) is 18.6. The van der Waals surface area contributed by atoms with Crippen molar-refractivity contribution in [3.8, 4) is 0 Å². The van der Waals surface area contributed by atoms with Crippen molar-refractivity contribution < 1.29 is 29.0 Å². The number of rotatable bonds is 6. The monoisotopic (exact) mass is 323 g/mol. The summed E-state index contributed by atoms with van der Waals surface area (Å²) in [6, 6.07) is 8.74. The standard InChI is InChI=1S/C16H21NO6/c1-15(2,3)23-14(21)16(17,9-12(18)19)13(20)22-10-11-7-5-4-6-8-11/h4-8H,9-10,17H2,1-3H3,(H,18,19)/t16-/m1/s1. The normalized spacial score (nSPS) is 13.7. The lowest BCUT2D eigenvalue weighted by Crippen LogP contribution is -2.59. The Bertz CT molecular complexity index is 578. The fraction of sp³-hybridized carbons (Fsp3) is 0.438. The largest absolute Gasteiger partial charge is 0.481 e. The third-order valence-electron chi connectivity index (χ3n) is 2.77. The third kappa shape index (κ3) is 5.71. The highest BCUT2D eigenvalue weighted by Gasteiger charge is 2.48. The van der Waals surface area contributed by atoms with E-state index in [0.29, 0.717) is 5.56 Å². The van der Waals surface area contributed by atoms with Crippen molar-refractivity contribution in [2.45, 2.75) is 44.9 Å². The van der Waals surface area contributed by atoms with Gasteiger partial charge in [-0.25, -0.2) is 9.59 Å². The Balaban J connectivity index is 2.88. The van der Waals surface area contributed by atoms with Gasteiger partial charge in [0.25, 0.3) is 0 Å². The van der Waals surface area contributed by atoms with Crippen molar-refractivity contribution in [1.82, 2.24) is 0 Å². The van der Waals surface area contributed by atoms with E-state index in [2.05, 4.69) is 0 Å². The van der Waals surface area contributed by atoms with Crippen LogP contribution in [0.1, 0.15) is 32.8 Å². The molecule has 0 radical (unpaired) electrons. The molecule has 0 spiro atoms. The average Bonchev–Trinajstić information content (AvgIpc) is 2.43. The first-order valence-electron chi connectivity index (χ1n) is 7.00. The molecule has 1 aromatic carbocycles. The number of hydrogen-bond donors (Lipinski definition) is 2. The van der Waals surface area contributed by atoms with Crippen LogP contribution in [0.4, 0.5) is 0 Å². The van der Waals surface area contributed by atoms with Gasteiger partial charge in [0.15, 0.2) is 0 Å². The van der Waals surface area contributed by atoms with Gasteiger partial charge in [-0.3, -0.25) is 4.79 Å². The number of carbonyl (C=O) groups excluding carboxylic acids is 2. The first-order valence-corrected chi connectivity index (χ1v) is 7.00. The van der Waals surface area contributed by atoms with E-state index >= 15 is 0 Å². The van der Waals surface area contributed by atoms with Crippen LogP contribution in [0.15, 0.2) is 30.3 Å². The fourth-order valence-electron chi connectivity index (χ4n) is 1.69. The van der Waals surface area contributed by atoms with Crippen molar-refractivity contribution in [2.24, 2.45) is 5.73 Å². The minimum absolute atomic E-state index is 0.124. The molecule has 0 saturated heterocycles. The molecule has 0 fully saturated rings. The first-order chi connectivity index (χ1) is 10.5. The molecule has 0 saturated carbocycles. The zero-order valence-electron chi connectivity index (χ0n) is 13.4. The Morgan fingerprint density at radius 1 is 1.09 bits per heavy atom. The number of carbonyl (C=O) groups is 3. The predicted octanol–water partition coefficient (Wildman–Crippen LogP) is 1.24. The van der Waals surface area contributed by atoms with Crippen LogP contribution in [-0.4, -0.2) is 34.2 Å². The second kappa shape index (κ2) is 7.23. The summed E-state index contributed by atoms with van der Waals surface area (Å²) < 4.78 is 10.1. The number of benzene rings is 1. The number of nitrogens with two attached hydrogens (primary N) is 1. The Kier molecular flexibility index (Phi) is 5.86. The highest BCUT2D eigenvalue weighted by atomic mass is 16.6. The quantitative estimate of drug-likeness (QED) is 0.597. The topological polar surface area (TPSA) is 116 Å². The zero-order chi connectivity index (χ0) is 17.7. The lowest BCUT2D eigenvalue weighted by atomic mass is 9.96. The van der Waals surface area contributed by atoms with Gasteiger partial charge in [-0.2, -0.15) is 0 Å². The molecule has 1 aromatic rings. The van der Waals surface area contributed by atoms with E-state index in [4.69, 9.17) is 20.3 Å². The molecule has 0 aliphatic rings. The Morgan fingerprint density at radius 2 is 1.65 bits per heavy atom. The van der Waals surface area contributed by atoms with Gasteiger partial charge in [0.2, 0.25) is 5.54 Å². The average molecular weight is 323 g/mol. The molecular weight excluding hydrogens is 302 g/mol. The maximum atomic E-state index is 12.2. The molecule has 0 aromatic heterocycles. The second-order valence-corrected chi connectivity index (χ2v) is 6.11. The molecule has 0 amide bonds. The molecule has 1 rings (SSSR count). The minimum atomic E-state index is -2.39. The van der Waals surface area contributed by atoms with Gasteiger partial charge in [-0.15, -0.1) is 0 Å². The van der Waals surface area contributed by atoms with E-state index in [-0.39, 0.29) is 6.61 Å². The molecule has 0 aliphatic heterocycles. The lowest BCUT2D eigenvalue weighted by Gasteiger charge is -2.28. The molecule has 126 valence electrons. The summed E-state index contributed by atoms with van der Waals surface area (Å²) in [6.45, 7) is 4.63. The molecule has 0 heterocycles. The van der Waals surface area contributed by atoms with Crippen LogP contribution in [0.25, 0.3) is 0 Å². The smallest absolute Gasteiger partial charge is 0.339 e. The number of carboxylic acid groups (broad SMARTS) is 1. The maximum Gasteiger partial charge on any atom is 0.339 e. The van der Waals surface area contributed by atoms with Crippen molar-refractivity contribution >= 4 is 17.9 Å². The summed E-state index contributed by atoms with van der Waals surface area (Å²) in [5.74, 6) is -3.68. The van der Waals surface area contributed by atoms with Crippen molar-refractivity contribution in [3.05, 3.63) is 35.9 Å². The van der Waals surface area contributed by atoms with Gasteiger partial charge < -0.3 is 20.3 Å². The number of carboxylic acids is 1. The Hall–Kier alpha value is -2.41. The van der Waals surface area contributed by atoms with Crippen LogP contribution >= 0.6 is 0 Å². The number of aliphatic carboxylic acids is 1. The summed E-state index contributed by atoms with van der Waals surface area (Å²) in [5.41, 5.74) is 3.10. The fourth-order valence-corrected chi connectivity index (χ4v) is 1.69. The van der Waals surface area contributed by atoms with E-state index in [0.717, 1.165) is 0 Å². The van der Waals surface area contributed by atoms with E-state index in [1.54, 1.807) is 51.1 Å². The summed E-state index contributed by atoms with van der Waals surface area (Å²) in [5, 5.41) is 8.93. The van der Waals surface area contributed by atoms with Crippen LogP contribution in [0, 0.1) is 0 Å². The number of ether oxygens (including phenoxy) is 2. The molecule has 7 nitrogen and oxygen atoms in total. The Labute approximate surface area is 134 Å². The molecule has 7 heteroatoms. The minimum Gasteiger partial charge on any atom is -0.481 e. The van der Waals surface area contributed by atoms with Crippen LogP contribution in [0.5, 0.6) is 0 Å². The predicted molar refractivity (Wildman–Crippen MR) is 81.3 cm³/mol. The van der Waals surface area contributed by atoms with E-state index < -0.39 is 35.5 Å². The van der Waals surface area contributed by atoms with Gasteiger partial charge >= 0.3 is 17.9 Å². The third-order valence-corrected chi connectivity index (χ3v) is 2.77.